The number of carbonyl (C=O) groups is 2. The van der Waals surface area contributed by atoms with E-state index in [4.69, 9.17) is 9.26 Å². The highest BCUT2D eigenvalue weighted by Crippen LogP contribution is 2.36. The standard InChI is InChI=1S/C19H23N3O4/c1-13-5-3-4-6-15(13)19(7-9-25-10-8-19)12-20-17(23)18(24)21-16-11-14(2)26-22-16/h3-6,11H,7-10,12H2,1-2H3,(H,20,23)(H,21,22,24). The number of ether oxygens (including phenoxy) is 1. The summed E-state index contributed by atoms with van der Waals surface area (Å²) in [6.45, 7) is 5.42. The smallest absolute Gasteiger partial charge is 0.314 e. The normalized spacial score (nSPS) is 16.1. The third kappa shape index (κ3) is 3.94. The largest absolute Gasteiger partial charge is 0.381 e. The van der Waals surface area contributed by atoms with Crippen molar-refractivity contribution in [3.63, 3.8) is 0 Å². The molecule has 1 aliphatic heterocycles. The Labute approximate surface area is 152 Å². The molecule has 0 aliphatic carbocycles. The van der Waals surface area contributed by atoms with Gasteiger partial charge in [0.15, 0.2) is 5.82 Å². The van der Waals surface area contributed by atoms with Crippen LogP contribution in [-0.4, -0.2) is 36.7 Å². The Morgan fingerprint density at radius 3 is 2.54 bits per heavy atom. The number of hydrogen-bond acceptors (Lipinski definition) is 5. The molecule has 0 bridgehead atoms. The molecule has 2 amide bonds. The monoisotopic (exact) mass is 357 g/mol. The predicted molar refractivity (Wildman–Crippen MR) is 95.8 cm³/mol. The summed E-state index contributed by atoms with van der Waals surface area (Å²) < 4.78 is 10.4. The lowest BCUT2D eigenvalue weighted by molar-refractivity contribution is -0.136. The highest BCUT2D eigenvalue weighted by Gasteiger charge is 2.36. The molecule has 0 radical (unpaired) electrons. The number of nitrogens with one attached hydrogen (secondary N) is 2. The van der Waals surface area contributed by atoms with Gasteiger partial charge in [0.1, 0.15) is 5.76 Å². The molecule has 7 heteroatoms. The van der Waals surface area contributed by atoms with Crippen LogP contribution in [0.1, 0.15) is 29.7 Å². The minimum absolute atomic E-state index is 0.224. The number of nitrogens with zero attached hydrogens (tertiary/aromatic N) is 1. The molecule has 138 valence electrons. The van der Waals surface area contributed by atoms with Crippen molar-refractivity contribution in [1.29, 1.82) is 0 Å². The SMILES string of the molecule is Cc1cc(NC(=O)C(=O)NCC2(c3ccccc3C)CCOCC2)no1. The van der Waals surface area contributed by atoms with Crippen LogP contribution in [-0.2, 0) is 19.7 Å². The number of rotatable bonds is 4. The van der Waals surface area contributed by atoms with Crippen LogP contribution in [0.4, 0.5) is 5.82 Å². The maximum atomic E-state index is 12.2. The molecule has 0 unspecified atom stereocenters. The molecule has 0 saturated carbocycles. The van der Waals surface area contributed by atoms with E-state index in [9.17, 15) is 9.59 Å². The van der Waals surface area contributed by atoms with E-state index in [2.05, 4.69) is 34.8 Å². The van der Waals surface area contributed by atoms with Gasteiger partial charge in [-0.3, -0.25) is 14.9 Å². The second-order valence-electron chi connectivity index (χ2n) is 6.67. The van der Waals surface area contributed by atoms with Crippen molar-refractivity contribution in [2.75, 3.05) is 25.1 Å². The topological polar surface area (TPSA) is 93.5 Å². The van der Waals surface area contributed by atoms with Crippen LogP contribution in [0.5, 0.6) is 0 Å². The van der Waals surface area contributed by atoms with Crippen LogP contribution in [0.3, 0.4) is 0 Å². The first-order valence-electron chi connectivity index (χ1n) is 8.66. The van der Waals surface area contributed by atoms with Crippen molar-refractivity contribution in [3.8, 4) is 0 Å². The van der Waals surface area contributed by atoms with Crippen molar-refractivity contribution >= 4 is 17.6 Å². The molecule has 2 aromatic rings. The Balaban J connectivity index is 1.69. The van der Waals surface area contributed by atoms with Gasteiger partial charge in [0, 0.05) is 31.2 Å². The highest BCUT2D eigenvalue weighted by atomic mass is 16.5. The molecule has 26 heavy (non-hydrogen) atoms. The maximum absolute atomic E-state index is 12.2. The Morgan fingerprint density at radius 2 is 1.88 bits per heavy atom. The average molecular weight is 357 g/mol. The molecule has 7 nitrogen and oxygen atoms in total. The summed E-state index contributed by atoms with van der Waals surface area (Å²) in [5.41, 5.74) is 2.13. The molecule has 0 atom stereocenters. The van der Waals surface area contributed by atoms with Crippen LogP contribution in [0.15, 0.2) is 34.9 Å². The Bertz CT molecular complexity index is 794. The molecular weight excluding hydrogens is 334 g/mol. The Morgan fingerprint density at radius 1 is 1.15 bits per heavy atom. The van der Waals surface area contributed by atoms with Crippen LogP contribution < -0.4 is 10.6 Å². The molecular formula is C19H23N3O4. The lowest BCUT2D eigenvalue weighted by atomic mass is 9.72. The number of carbonyl (C=O) groups excluding carboxylic acids is 2. The van der Waals surface area contributed by atoms with Crippen molar-refractivity contribution in [3.05, 3.63) is 47.2 Å². The van der Waals surface area contributed by atoms with Gasteiger partial charge < -0.3 is 14.6 Å². The summed E-state index contributed by atoms with van der Waals surface area (Å²) in [6, 6.07) is 9.70. The number of hydrogen-bond donors (Lipinski definition) is 2. The van der Waals surface area contributed by atoms with E-state index in [1.807, 2.05) is 12.1 Å². The van der Waals surface area contributed by atoms with E-state index in [0.29, 0.717) is 25.5 Å². The third-order valence-corrected chi connectivity index (χ3v) is 4.83. The van der Waals surface area contributed by atoms with Gasteiger partial charge in [-0.05, 0) is 37.8 Å². The second-order valence-corrected chi connectivity index (χ2v) is 6.67. The molecule has 1 saturated heterocycles. The minimum Gasteiger partial charge on any atom is -0.381 e. The summed E-state index contributed by atoms with van der Waals surface area (Å²) >= 11 is 0. The third-order valence-electron chi connectivity index (χ3n) is 4.83. The van der Waals surface area contributed by atoms with Gasteiger partial charge in [-0.1, -0.05) is 29.4 Å². The summed E-state index contributed by atoms with van der Waals surface area (Å²) in [5.74, 6) is -0.667. The van der Waals surface area contributed by atoms with Crippen molar-refractivity contribution in [2.45, 2.75) is 32.1 Å². The van der Waals surface area contributed by atoms with Crippen LogP contribution in [0.25, 0.3) is 0 Å². The Kier molecular flexibility index (Phi) is 5.37. The molecule has 0 spiro atoms. The molecule has 1 fully saturated rings. The van der Waals surface area contributed by atoms with Crippen LogP contribution in [0, 0.1) is 13.8 Å². The van der Waals surface area contributed by atoms with Gasteiger partial charge in [-0.15, -0.1) is 0 Å². The van der Waals surface area contributed by atoms with Gasteiger partial charge in [-0.25, -0.2) is 0 Å². The van der Waals surface area contributed by atoms with Gasteiger partial charge in [0.2, 0.25) is 0 Å². The quantitative estimate of drug-likeness (QED) is 0.818. The van der Waals surface area contributed by atoms with Gasteiger partial charge in [0.25, 0.3) is 0 Å². The molecule has 2 N–H and O–H groups in total. The second kappa shape index (κ2) is 7.70. The van der Waals surface area contributed by atoms with Crippen molar-refractivity contribution in [2.24, 2.45) is 0 Å². The number of aromatic nitrogens is 1. The molecule has 1 aromatic heterocycles. The minimum atomic E-state index is -0.759. The van der Waals surface area contributed by atoms with E-state index in [0.717, 1.165) is 12.8 Å². The summed E-state index contributed by atoms with van der Waals surface area (Å²) in [6.07, 6.45) is 1.59. The summed E-state index contributed by atoms with van der Waals surface area (Å²) in [7, 11) is 0. The number of amides is 2. The van der Waals surface area contributed by atoms with Gasteiger partial charge in [0.05, 0.1) is 0 Å². The van der Waals surface area contributed by atoms with Gasteiger partial charge >= 0.3 is 11.8 Å². The lowest BCUT2D eigenvalue weighted by Gasteiger charge is -2.38. The average Bonchev–Trinajstić information content (AvgIpc) is 3.05. The van der Waals surface area contributed by atoms with Crippen LogP contribution >= 0.6 is 0 Å². The molecule has 2 heterocycles. The molecule has 1 aliphatic rings. The van der Waals surface area contributed by atoms with E-state index >= 15 is 0 Å². The van der Waals surface area contributed by atoms with E-state index in [1.54, 1.807) is 13.0 Å². The molecule has 3 rings (SSSR count). The number of aryl methyl sites for hydroxylation is 2. The van der Waals surface area contributed by atoms with Crippen molar-refractivity contribution in [1.82, 2.24) is 10.5 Å². The maximum Gasteiger partial charge on any atom is 0.314 e. The first-order chi connectivity index (χ1) is 12.5. The fraction of sp³-hybridized carbons (Fsp3) is 0.421. The lowest BCUT2D eigenvalue weighted by Crippen LogP contribution is -2.47. The van der Waals surface area contributed by atoms with Crippen LogP contribution in [0.2, 0.25) is 0 Å². The first-order valence-corrected chi connectivity index (χ1v) is 8.66. The highest BCUT2D eigenvalue weighted by molar-refractivity contribution is 6.39. The Hall–Kier alpha value is -2.67. The number of anilines is 1. The van der Waals surface area contributed by atoms with Crippen molar-refractivity contribution < 1.29 is 18.8 Å². The zero-order valence-electron chi connectivity index (χ0n) is 15.0. The van der Waals surface area contributed by atoms with E-state index in [-0.39, 0.29) is 11.2 Å². The van der Waals surface area contributed by atoms with E-state index < -0.39 is 11.8 Å². The zero-order chi connectivity index (χ0) is 18.6. The zero-order valence-corrected chi connectivity index (χ0v) is 15.0. The summed E-state index contributed by atoms with van der Waals surface area (Å²) in [5, 5.41) is 8.87. The van der Waals surface area contributed by atoms with E-state index in [1.165, 1.54) is 11.1 Å². The first kappa shape index (κ1) is 18.1. The predicted octanol–water partition coefficient (Wildman–Crippen LogP) is 2.09. The fourth-order valence-electron chi connectivity index (χ4n) is 3.40. The molecule has 1 aromatic carbocycles. The van der Waals surface area contributed by atoms with Gasteiger partial charge in [-0.2, -0.15) is 0 Å². The summed E-state index contributed by atoms with van der Waals surface area (Å²) in [4.78, 5) is 24.3. The fourth-order valence-corrected chi connectivity index (χ4v) is 3.40. The number of benzene rings is 1.